The van der Waals surface area contributed by atoms with Crippen LogP contribution in [0.5, 0.6) is 0 Å². The number of halogens is 2. The number of hydrogen-bond acceptors (Lipinski definition) is 3. The second-order valence-corrected chi connectivity index (χ2v) is 4.92. The quantitative estimate of drug-likeness (QED) is 0.658. The summed E-state index contributed by atoms with van der Waals surface area (Å²) in [5.41, 5.74) is 0. The maximum Gasteiger partial charge on any atom is 0.112 e. The SMILES string of the molecule is C=CC[NH2+]CC=C.O=C([O-])c1cc(Cl)c(Cl)s1. The van der Waals surface area contributed by atoms with E-state index in [2.05, 4.69) is 18.5 Å². The molecule has 0 aliphatic carbocycles. The molecular weight excluding hydrogens is 281 g/mol. The molecule has 1 heterocycles. The molecule has 0 aliphatic rings. The fraction of sp³-hybridized carbons (Fsp3) is 0.182. The predicted octanol–water partition coefficient (Wildman–Crippen LogP) is 1.34. The van der Waals surface area contributed by atoms with E-state index in [1.54, 1.807) is 0 Å². The third kappa shape index (κ3) is 7.18. The summed E-state index contributed by atoms with van der Waals surface area (Å²) < 4.78 is 0.279. The molecule has 0 saturated carbocycles. The highest BCUT2D eigenvalue weighted by Gasteiger charge is 2.04. The van der Waals surface area contributed by atoms with Crippen LogP contribution in [-0.2, 0) is 0 Å². The summed E-state index contributed by atoms with van der Waals surface area (Å²) in [5.74, 6) is -1.25. The van der Waals surface area contributed by atoms with Gasteiger partial charge in [0.25, 0.3) is 0 Å². The molecule has 0 atom stereocenters. The summed E-state index contributed by atoms with van der Waals surface area (Å²) in [4.78, 5) is 10.2. The van der Waals surface area contributed by atoms with E-state index in [-0.39, 0.29) is 14.2 Å². The van der Waals surface area contributed by atoms with E-state index in [0.717, 1.165) is 24.4 Å². The monoisotopic (exact) mass is 293 g/mol. The fourth-order valence-corrected chi connectivity index (χ4v) is 1.98. The molecule has 1 aromatic rings. The lowest BCUT2D eigenvalue weighted by molar-refractivity contribution is -0.636. The number of aromatic carboxylic acids is 1. The van der Waals surface area contributed by atoms with Crippen LogP contribution in [0.15, 0.2) is 31.4 Å². The molecule has 6 heteroatoms. The van der Waals surface area contributed by atoms with Gasteiger partial charge in [0.1, 0.15) is 4.34 Å². The van der Waals surface area contributed by atoms with Crippen molar-refractivity contribution in [2.24, 2.45) is 0 Å². The van der Waals surface area contributed by atoms with E-state index >= 15 is 0 Å². The van der Waals surface area contributed by atoms with Crippen LogP contribution in [0.25, 0.3) is 0 Å². The van der Waals surface area contributed by atoms with E-state index in [9.17, 15) is 9.90 Å². The number of carbonyl (C=O) groups is 1. The molecule has 1 aromatic heterocycles. The fourth-order valence-electron chi connectivity index (χ4n) is 0.779. The molecule has 0 radical (unpaired) electrons. The van der Waals surface area contributed by atoms with Gasteiger partial charge < -0.3 is 15.2 Å². The van der Waals surface area contributed by atoms with Gasteiger partial charge in [0.05, 0.1) is 29.0 Å². The minimum absolute atomic E-state index is 0.0509. The lowest BCUT2D eigenvalue weighted by Gasteiger charge is -1.91. The molecule has 17 heavy (non-hydrogen) atoms. The van der Waals surface area contributed by atoms with Crippen molar-refractivity contribution in [2.45, 2.75) is 0 Å². The Labute approximate surface area is 114 Å². The average molecular weight is 294 g/mol. The molecule has 0 amide bonds. The van der Waals surface area contributed by atoms with Gasteiger partial charge in [-0.15, -0.1) is 11.3 Å². The van der Waals surface area contributed by atoms with Crippen LogP contribution < -0.4 is 10.4 Å². The molecule has 2 N–H and O–H groups in total. The second-order valence-electron chi connectivity index (χ2n) is 2.86. The standard InChI is InChI=1S/C6H11N.C5H2Cl2O2S/c1-3-5-7-6-4-2;6-2-1-3(5(8)9)10-4(2)7/h3-4,7H,1-2,5-6H2;1H,(H,8,9). The minimum atomic E-state index is -1.25. The van der Waals surface area contributed by atoms with Crippen LogP contribution in [0.1, 0.15) is 9.67 Å². The van der Waals surface area contributed by atoms with Crippen LogP contribution in [0.2, 0.25) is 9.36 Å². The van der Waals surface area contributed by atoms with E-state index in [1.165, 1.54) is 6.07 Å². The van der Waals surface area contributed by atoms with Crippen molar-refractivity contribution < 1.29 is 15.2 Å². The van der Waals surface area contributed by atoms with Crippen LogP contribution >= 0.6 is 34.5 Å². The van der Waals surface area contributed by atoms with Crippen molar-refractivity contribution in [1.29, 1.82) is 0 Å². The molecule has 0 fully saturated rings. The average Bonchev–Trinajstić information content (AvgIpc) is 2.61. The van der Waals surface area contributed by atoms with Gasteiger partial charge in [0.15, 0.2) is 0 Å². The minimum Gasteiger partial charge on any atom is -0.544 e. The molecule has 1 rings (SSSR count). The maximum absolute atomic E-state index is 10.1. The van der Waals surface area contributed by atoms with Gasteiger partial charge in [-0.05, 0) is 18.2 Å². The van der Waals surface area contributed by atoms with Crippen LogP contribution in [0.4, 0.5) is 0 Å². The van der Waals surface area contributed by atoms with Crippen LogP contribution in [0, 0.1) is 0 Å². The highest BCUT2D eigenvalue weighted by Crippen LogP contribution is 2.30. The summed E-state index contributed by atoms with van der Waals surface area (Å²) in [6.07, 6.45) is 3.76. The molecule has 0 aromatic carbocycles. The highest BCUT2D eigenvalue weighted by atomic mass is 35.5. The number of hydrogen-bond donors (Lipinski definition) is 1. The number of rotatable bonds is 5. The molecule has 3 nitrogen and oxygen atoms in total. The third-order valence-electron chi connectivity index (χ3n) is 1.51. The first kappa shape index (κ1) is 16.2. The van der Waals surface area contributed by atoms with E-state index < -0.39 is 5.97 Å². The number of thiophene rings is 1. The first-order valence-corrected chi connectivity index (χ1v) is 6.29. The summed E-state index contributed by atoms with van der Waals surface area (Å²) in [5, 5.41) is 12.5. The molecule has 94 valence electrons. The summed E-state index contributed by atoms with van der Waals surface area (Å²) in [6.45, 7) is 9.12. The first-order chi connectivity index (χ1) is 8.02. The number of carboxylic acids is 1. The summed E-state index contributed by atoms with van der Waals surface area (Å²) >= 11 is 11.8. The van der Waals surface area contributed by atoms with Crippen LogP contribution in [-0.4, -0.2) is 19.1 Å². The van der Waals surface area contributed by atoms with Crippen molar-refractivity contribution in [3.8, 4) is 0 Å². The van der Waals surface area contributed by atoms with Crippen molar-refractivity contribution in [1.82, 2.24) is 0 Å². The number of quaternary nitrogens is 1. The largest absolute Gasteiger partial charge is 0.544 e. The lowest BCUT2D eigenvalue weighted by atomic mass is 10.5. The Morgan fingerprint density at radius 1 is 1.41 bits per heavy atom. The van der Waals surface area contributed by atoms with Crippen molar-refractivity contribution in [3.05, 3.63) is 45.6 Å². The van der Waals surface area contributed by atoms with Crippen molar-refractivity contribution in [3.63, 3.8) is 0 Å². The molecule has 0 spiro atoms. The van der Waals surface area contributed by atoms with Gasteiger partial charge >= 0.3 is 0 Å². The van der Waals surface area contributed by atoms with Gasteiger partial charge in [-0.1, -0.05) is 36.4 Å². The summed E-state index contributed by atoms with van der Waals surface area (Å²) in [7, 11) is 0. The predicted molar refractivity (Wildman–Crippen MR) is 70.7 cm³/mol. The first-order valence-electron chi connectivity index (χ1n) is 4.72. The molecule has 0 bridgehead atoms. The Morgan fingerprint density at radius 3 is 2.18 bits per heavy atom. The van der Waals surface area contributed by atoms with Gasteiger partial charge in [0, 0.05) is 0 Å². The lowest BCUT2D eigenvalue weighted by Crippen LogP contribution is -2.83. The van der Waals surface area contributed by atoms with Gasteiger partial charge in [0.2, 0.25) is 0 Å². The maximum atomic E-state index is 10.1. The smallest absolute Gasteiger partial charge is 0.112 e. The Hall–Kier alpha value is -0.810. The van der Waals surface area contributed by atoms with Gasteiger partial charge in [-0.2, -0.15) is 0 Å². The Kier molecular flexibility index (Phi) is 8.80. The molecule has 0 aliphatic heterocycles. The summed E-state index contributed by atoms with van der Waals surface area (Å²) in [6, 6.07) is 1.27. The van der Waals surface area contributed by atoms with E-state index in [1.807, 2.05) is 12.2 Å². The van der Waals surface area contributed by atoms with Crippen molar-refractivity contribution in [2.75, 3.05) is 13.1 Å². The zero-order chi connectivity index (χ0) is 13.3. The Balaban J connectivity index is 0.000000325. The van der Waals surface area contributed by atoms with Crippen LogP contribution in [0.3, 0.4) is 0 Å². The Morgan fingerprint density at radius 2 is 1.94 bits per heavy atom. The number of carboxylic acid groups (broad SMARTS) is 1. The van der Waals surface area contributed by atoms with Gasteiger partial charge in [-0.25, -0.2) is 0 Å². The molecule has 0 saturated heterocycles. The number of carbonyl (C=O) groups excluding carboxylic acids is 1. The normalized spacial score (nSPS) is 9.06. The second kappa shape index (κ2) is 9.24. The zero-order valence-electron chi connectivity index (χ0n) is 9.12. The van der Waals surface area contributed by atoms with Gasteiger partial charge in [-0.3, -0.25) is 0 Å². The zero-order valence-corrected chi connectivity index (χ0v) is 11.4. The Bertz CT molecular complexity index is 363. The van der Waals surface area contributed by atoms with E-state index in [0.29, 0.717) is 0 Å². The topological polar surface area (TPSA) is 56.7 Å². The van der Waals surface area contributed by atoms with Crippen molar-refractivity contribution >= 4 is 40.5 Å². The molecule has 0 unspecified atom stereocenters. The molecular formula is C11H13Cl2NO2S. The highest BCUT2D eigenvalue weighted by molar-refractivity contribution is 7.18. The number of nitrogens with two attached hydrogens (primary N) is 1. The van der Waals surface area contributed by atoms with E-state index in [4.69, 9.17) is 23.2 Å². The third-order valence-corrected chi connectivity index (χ3v) is 3.36.